The van der Waals surface area contributed by atoms with Crippen molar-refractivity contribution in [1.29, 1.82) is 5.26 Å². The Kier molecular flexibility index (Phi) is 3.67. The number of para-hydroxylation sites is 1. The molecule has 1 N–H and O–H groups in total. The minimum Gasteiger partial charge on any atom is -0.357 e. The summed E-state index contributed by atoms with van der Waals surface area (Å²) in [6, 6.07) is 15.7. The molecule has 100 valence electrons. The number of aryl methyl sites for hydroxylation is 1. The monoisotopic (exact) mass is 271 g/mol. The van der Waals surface area contributed by atoms with E-state index in [1.165, 1.54) is 0 Å². The van der Waals surface area contributed by atoms with E-state index in [-0.39, 0.29) is 0 Å². The van der Waals surface area contributed by atoms with Crippen molar-refractivity contribution in [2.24, 2.45) is 0 Å². The van der Waals surface area contributed by atoms with Crippen molar-refractivity contribution in [3.05, 3.63) is 65.6 Å². The first-order chi connectivity index (χ1) is 10.4. The van der Waals surface area contributed by atoms with E-state index in [0.717, 1.165) is 35.1 Å². The van der Waals surface area contributed by atoms with Crippen molar-refractivity contribution >= 4 is 10.9 Å². The minimum atomic E-state index is 0.679. The smallest absolute Gasteiger partial charge is 0.113 e. The Labute approximate surface area is 123 Å². The van der Waals surface area contributed by atoms with Gasteiger partial charge in [-0.1, -0.05) is 24.1 Å². The zero-order chi connectivity index (χ0) is 14.5. The van der Waals surface area contributed by atoms with Crippen molar-refractivity contribution in [3.8, 4) is 17.9 Å². The van der Waals surface area contributed by atoms with Crippen LogP contribution in [0.5, 0.6) is 0 Å². The lowest BCUT2D eigenvalue weighted by Gasteiger charge is -1.92. The van der Waals surface area contributed by atoms with E-state index >= 15 is 0 Å². The third-order valence-corrected chi connectivity index (χ3v) is 3.23. The first-order valence-electron chi connectivity index (χ1n) is 6.77. The predicted octanol–water partition coefficient (Wildman–Crippen LogP) is 3.42. The maximum Gasteiger partial charge on any atom is 0.113 e. The molecule has 3 aromatic rings. The second-order valence-electron chi connectivity index (χ2n) is 4.69. The van der Waals surface area contributed by atoms with Gasteiger partial charge in [-0.05, 0) is 36.6 Å². The van der Waals surface area contributed by atoms with Gasteiger partial charge in [0.05, 0.1) is 11.1 Å². The van der Waals surface area contributed by atoms with Gasteiger partial charge in [-0.3, -0.25) is 0 Å². The van der Waals surface area contributed by atoms with Crippen LogP contribution >= 0.6 is 0 Å². The van der Waals surface area contributed by atoms with Gasteiger partial charge in [-0.25, -0.2) is 4.98 Å². The SMILES string of the molecule is N#Cc1cccc2cc(CCC#Cc3ccccn3)[nH]c12. The lowest BCUT2D eigenvalue weighted by atomic mass is 10.1. The molecule has 0 saturated carbocycles. The molecule has 21 heavy (non-hydrogen) atoms. The van der Waals surface area contributed by atoms with Gasteiger partial charge in [0.1, 0.15) is 11.8 Å². The number of nitriles is 1. The molecule has 0 aliphatic carbocycles. The topological polar surface area (TPSA) is 52.5 Å². The summed E-state index contributed by atoms with van der Waals surface area (Å²) >= 11 is 0. The van der Waals surface area contributed by atoms with Crippen LogP contribution in [-0.4, -0.2) is 9.97 Å². The average molecular weight is 271 g/mol. The number of fused-ring (bicyclic) bond motifs is 1. The second-order valence-corrected chi connectivity index (χ2v) is 4.69. The van der Waals surface area contributed by atoms with Crippen LogP contribution in [0.4, 0.5) is 0 Å². The van der Waals surface area contributed by atoms with Crippen LogP contribution in [0.3, 0.4) is 0 Å². The second kappa shape index (κ2) is 5.94. The maximum absolute atomic E-state index is 9.09. The summed E-state index contributed by atoms with van der Waals surface area (Å²) in [6.45, 7) is 0. The van der Waals surface area contributed by atoms with E-state index in [0.29, 0.717) is 5.56 Å². The van der Waals surface area contributed by atoms with E-state index in [1.54, 1.807) is 6.20 Å². The molecule has 0 bridgehead atoms. The zero-order valence-corrected chi connectivity index (χ0v) is 11.4. The summed E-state index contributed by atoms with van der Waals surface area (Å²) in [5.74, 6) is 6.17. The highest BCUT2D eigenvalue weighted by molar-refractivity contribution is 5.85. The Morgan fingerprint density at radius 1 is 1.14 bits per heavy atom. The summed E-state index contributed by atoms with van der Waals surface area (Å²) in [4.78, 5) is 7.47. The molecule has 0 radical (unpaired) electrons. The fourth-order valence-electron chi connectivity index (χ4n) is 2.23. The molecule has 0 unspecified atom stereocenters. The lowest BCUT2D eigenvalue weighted by Crippen LogP contribution is -1.84. The van der Waals surface area contributed by atoms with Crippen LogP contribution in [0.15, 0.2) is 48.7 Å². The number of aromatic amines is 1. The zero-order valence-electron chi connectivity index (χ0n) is 11.4. The highest BCUT2D eigenvalue weighted by Crippen LogP contribution is 2.19. The Bertz CT molecular complexity index is 858. The van der Waals surface area contributed by atoms with Gasteiger partial charge in [-0.2, -0.15) is 5.26 Å². The number of pyridine rings is 1. The summed E-state index contributed by atoms with van der Waals surface area (Å²) in [6.07, 6.45) is 3.33. The van der Waals surface area contributed by atoms with Crippen LogP contribution in [0.25, 0.3) is 10.9 Å². The summed E-state index contributed by atoms with van der Waals surface area (Å²) < 4.78 is 0. The van der Waals surface area contributed by atoms with E-state index < -0.39 is 0 Å². The number of H-pyrrole nitrogens is 1. The molecule has 0 amide bonds. The van der Waals surface area contributed by atoms with Gasteiger partial charge < -0.3 is 4.98 Å². The van der Waals surface area contributed by atoms with Gasteiger partial charge in [0.15, 0.2) is 0 Å². The fourth-order valence-corrected chi connectivity index (χ4v) is 2.23. The van der Waals surface area contributed by atoms with Crippen molar-refractivity contribution in [3.63, 3.8) is 0 Å². The molecule has 3 nitrogen and oxygen atoms in total. The van der Waals surface area contributed by atoms with Crippen LogP contribution in [-0.2, 0) is 6.42 Å². The average Bonchev–Trinajstić information content (AvgIpc) is 2.95. The van der Waals surface area contributed by atoms with Gasteiger partial charge in [0.25, 0.3) is 0 Å². The first kappa shape index (κ1) is 13.0. The Hall–Kier alpha value is -3.04. The van der Waals surface area contributed by atoms with Crippen LogP contribution in [0.2, 0.25) is 0 Å². The van der Waals surface area contributed by atoms with E-state index in [2.05, 4.69) is 33.9 Å². The number of nitrogens with one attached hydrogen (secondary N) is 1. The number of hydrogen-bond donors (Lipinski definition) is 1. The molecule has 0 saturated heterocycles. The van der Waals surface area contributed by atoms with Crippen molar-refractivity contribution < 1.29 is 0 Å². The van der Waals surface area contributed by atoms with Crippen molar-refractivity contribution in [2.75, 3.05) is 0 Å². The molecule has 2 heterocycles. The van der Waals surface area contributed by atoms with Crippen LogP contribution < -0.4 is 0 Å². The molecule has 0 spiro atoms. The molecule has 2 aromatic heterocycles. The quantitative estimate of drug-likeness (QED) is 0.726. The number of aromatic nitrogens is 2. The molecular weight excluding hydrogens is 258 g/mol. The molecule has 1 aromatic carbocycles. The largest absolute Gasteiger partial charge is 0.357 e. The number of nitrogens with zero attached hydrogens (tertiary/aromatic N) is 2. The molecular formula is C18H13N3. The van der Waals surface area contributed by atoms with Crippen molar-refractivity contribution in [1.82, 2.24) is 9.97 Å². The number of rotatable bonds is 2. The van der Waals surface area contributed by atoms with Gasteiger partial charge >= 0.3 is 0 Å². The fraction of sp³-hybridized carbons (Fsp3) is 0.111. The third kappa shape index (κ3) is 2.94. The third-order valence-electron chi connectivity index (χ3n) is 3.23. The molecule has 0 aliphatic rings. The Morgan fingerprint density at radius 3 is 2.90 bits per heavy atom. The minimum absolute atomic E-state index is 0.679. The molecule has 0 atom stereocenters. The summed E-state index contributed by atoms with van der Waals surface area (Å²) in [5, 5.41) is 10.2. The standard InChI is InChI=1S/C18H13N3/c19-13-15-7-5-6-14-12-17(21-18(14)15)10-2-1-8-16-9-3-4-11-20-16/h3-7,9,11-12,21H,2,10H2. The van der Waals surface area contributed by atoms with Crippen LogP contribution in [0, 0.1) is 23.2 Å². The number of benzene rings is 1. The highest BCUT2D eigenvalue weighted by atomic mass is 14.7. The highest BCUT2D eigenvalue weighted by Gasteiger charge is 2.04. The molecule has 0 aliphatic heterocycles. The summed E-state index contributed by atoms with van der Waals surface area (Å²) in [7, 11) is 0. The van der Waals surface area contributed by atoms with E-state index in [9.17, 15) is 0 Å². The Morgan fingerprint density at radius 2 is 2.10 bits per heavy atom. The normalized spacial score (nSPS) is 9.86. The molecule has 0 fully saturated rings. The first-order valence-corrected chi connectivity index (χ1v) is 6.77. The predicted molar refractivity (Wildman–Crippen MR) is 82.4 cm³/mol. The lowest BCUT2D eigenvalue weighted by molar-refractivity contribution is 0.985. The number of hydrogen-bond acceptors (Lipinski definition) is 2. The maximum atomic E-state index is 9.09. The molecule has 3 rings (SSSR count). The van der Waals surface area contributed by atoms with E-state index in [1.807, 2.05) is 36.4 Å². The Balaban J connectivity index is 1.72. The van der Waals surface area contributed by atoms with Gasteiger partial charge in [0.2, 0.25) is 0 Å². The van der Waals surface area contributed by atoms with Gasteiger partial charge in [-0.15, -0.1) is 0 Å². The summed E-state index contributed by atoms with van der Waals surface area (Å²) in [5.41, 5.74) is 3.48. The van der Waals surface area contributed by atoms with Crippen LogP contribution in [0.1, 0.15) is 23.4 Å². The van der Waals surface area contributed by atoms with Crippen molar-refractivity contribution in [2.45, 2.75) is 12.8 Å². The van der Waals surface area contributed by atoms with E-state index in [4.69, 9.17) is 5.26 Å². The molecule has 3 heteroatoms. The van der Waals surface area contributed by atoms with Gasteiger partial charge in [0, 0.05) is 23.7 Å².